The second-order valence-electron chi connectivity index (χ2n) is 4.88. The molecule has 1 amide bonds. The highest BCUT2D eigenvalue weighted by Gasteiger charge is 2.10. The molecule has 0 atom stereocenters. The molecule has 0 fully saturated rings. The molecule has 0 aliphatic carbocycles. The lowest BCUT2D eigenvalue weighted by Gasteiger charge is -2.05. The first-order chi connectivity index (χ1) is 12.1. The number of rotatable bonds is 5. The number of carbonyl (C=O) groups excluding carboxylic acids is 1. The van der Waals surface area contributed by atoms with Gasteiger partial charge < -0.3 is 15.2 Å². The molecular weight excluding hydrogens is 344 g/mol. The van der Waals surface area contributed by atoms with E-state index in [1.54, 1.807) is 0 Å². The van der Waals surface area contributed by atoms with Gasteiger partial charge in [0.2, 0.25) is 0 Å². The predicted octanol–water partition coefficient (Wildman–Crippen LogP) is 3.10. The molecule has 1 aromatic carbocycles. The molecule has 0 radical (unpaired) electrons. The molecule has 0 aliphatic heterocycles. The summed E-state index contributed by atoms with van der Waals surface area (Å²) in [6.45, 7) is 0.473. The lowest BCUT2D eigenvalue weighted by molar-refractivity contribution is 0.0690. The van der Waals surface area contributed by atoms with E-state index in [1.807, 2.05) is 30.3 Å². The highest BCUT2D eigenvalue weighted by molar-refractivity contribution is 6.29. The van der Waals surface area contributed by atoms with E-state index in [2.05, 4.69) is 22.1 Å². The largest absolute Gasteiger partial charge is 0.476 e. The number of hydrogen-bond acceptors (Lipinski definition) is 4. The molecule has 0 spiro atoms. The SMILES string of the molecule is O=C(NCCC#Cc1ccc(Cl)nc1C(=O)O)OCc1ccccc1. The summed E-state index contributed by atoms with van der Waals surface area (Å²) in [7, 11) is 0. The minimum Gasteiger partial charge on any atom is -0.476 e. The van der Waals surface area contributed by atoms with Gasteiger partial charge >= 0.3 is 12.1 Å². The van der Waals surface area contributed by atoms with Crippen molar-refractivity contribution in [1.82, 2.24) is 10.3 Å². The van der Waals surface area contributed by atoms with Crippen LogP contribution in [0.1, 0.15) is 28.0 Å². The molecular formula is C18H15ClN2O4. The number of nitrogens with one attached hydrogen (secondary N) is 1. The molecule has 0 bridgehead atoms. The van der Waals surface area contributed by atoms with Crippen molar-refractivity contribution in [3.63, 3.8) is 0 Å². The van der Waals surface area contributed by atoms with Crippen molar-refractivity contribution in [3.05, 3.63) is 64.4 Å². The lowest BCUT2D eigenvalue weighted by atomic mass is 10.2. The van der Waals surface area contributed by atoms with Gasteiger partial charge in [0.1, 0.15) is 11.8 Å². The molecule has 0 saturated carbocycles. The number of amides is 1. The molecule has 7 heteroatoms. The predicted molar refractivity (Wildman–Crippen MR) is 92.3 cm³/mol. The van der Waals surface area contributed by atoms with Gasteiger partial charge in [-0.3, -0.25) is 0 Å². The van der Waals surface area contributed by atoms with Crippen LogP contribution >= 0.6 is 11.6 Å². The van der Waals surface area contributed by atoms with Crippen molar-refractivity contribution in [3.8, 4) is 11.8 Å². The number of nitrogens with zero attached hydrogens (tertiary/aromatic N) is 1. The number of aromatic nitrogens is 1. The van der Waals surface area contributed by atoms with Gasteiger partial charge in [0.25, 0.3) is 0 Å². The third kappa shape index (κ3) is 6.16. The van der Waals surface area contributed by atoms with Crippen LogP contribution in [0, 0.1) is 11.8 Å². The molecule has 2 N–H and O–H groups in total. The fourth-order valence-electron chi connectivity index (χ4n) is 1.86. The first kappa shape index (κ1) is 18.3. The Labute approximate surface area is 149 Å². The van der Waals surface area contributed by atoms with Crippen molar-refractivity contribution in [1.29, 1.82) is 0 Å². The van der Waals surface area contributed by atoms with Crippen LogP contribution in [0.2, 0.25) is 5.15 Å². The maximum absolute atomic E-state index is 11.5. The number of carboxylic acids is 1. The summed E-state index contributed by atoms with van der Waals surface area (Å²) in [6.07, 6.45) is -0.202. The van der Waals surface area contributed by atoms with E-state index in [0.717, 1.165) is 5.56 Å². The molecule has 25 heavy (non-hydrogen) atoms. The van der Waals surface area contributed by atoms with Crippen LogP contribution in [0.4, 0.5) is 4.79 Å². The average Bonchev–Trinajstić information content (AvgIpc) is 2.61. The monoisotopic (exact) mass is 358 g/mol. The molecule has 0 saturated heterocycles. The van der Waals surface area contributed by atoms with Crippen molar-refractivity contribution in [2.75, 3.05) is 6.54 Å². The Morgan fingerprint density at radius 3 is 2.68 bits per heavy atom. The van der Waals surface area contributed by atoms with Crippen LogP contribution in [-0.2, 0) is 11.3 Å². The number of alkyl carbamates (subject to hydrolysis) is 1. The Morgan fingerprint density at radius 1 is 1.20 bits per heavy atom. The Hall–Kier alpha value is -3.04. The van der Waals surface area contributed by atoms with Crippen LogP contribution < -0.4 is 5.32 Å². The fourth-order valence-corrected chi connectivity index (χ4v) is 2.01. The summed E-state index contributed by atoms with van der Waals surface area (Å²) < 4.78 is 5.06. The molecule has 6 nitrogen and oxygen atoms in total. The number of carbonyl (C=O) groups is 2. The van der Waals surface area contributed by atoms with Crippen LogP contribution in [0.3, 0.4) is 0 Å². The second kappa shape index (κ2) is 9.30. The fraction of sp³-hybridized carbons (Fsp3) is 0.167. The number of hydrogen-bond donors (Lipinski definition) is 2. The van der Waals surface area contributed by atoms with Crippen molar-refractivity contribution in [2.24, 2.45) is 0 Å². The van der Waals surface area contributed by atoms with E-state index >= 15 is 0 Å². The molecule has 2 aromatic rings. The van der Waals surface area contributed by atoms with Crippen molar-refractivity contribution < 1.29 is 19.4 Å². The lowest BCUT2D eigenvalue weighted by Crippen LogP contribution is -2.24. The van der Waals surface area contributed by atoms with Gasteiger partial charge in [-0.05, 0) is 17.7 Å². The molecule has 2 rings (SSSR count). The van der Waals surface area contributed by atoms with Gasteiger partial charge in [0.15, 0.2) is 5.69 Å². The minimum atomic E-state index is -1.20. The molecule has 0 unspecified atom stereocenters. The summed E-state index contributed by atoms with van der Waals surface area (Å²) in [4.78, 5) is 26.4. The third-order valence-electron chi connectivity index (χ3n) is 3.02. The van der Waals surface area contributed by atoms with Crippen molar-refractivity contribution >= 4 is 23.7 Å². The van der Waals surface area contributed by atoms with E-state index in [-0.39, 0.29) is 29.6 Å². The van der Waals surface area contributed by atoms with Gasteiger partial charge in [0, 0.05) is 13.0 Å². The highest BCUT2D eigenvalue weighted by atomic mass is 35.5. The summed E-state index contributed by atoms with van der Waals surface area (Å²) in [6, 6.07) is 12.3. The summed E-state index contributed by atoms with van der Waals surface area (Å²) >= 11 is 5.67. The van der Waals surface area contributed by atoms with Gasteiger partial charge in [-0.15, -0.1) is 0 Å². The number of pyridine rings is 1. The van der Waals surface area contributed by atoms with E-state index in [4.69, 9.17) is 21.4 Å². The average molecular weight is 359 g/mol. The number of benzene rings is 1. The quantitative estimate of drug-likeness (QED) is 0.487. The number of carboxylic acid groups (broad SMARTS) is 1. The minimum absolute atomic E-state index is 0.0887. The second-order valence-corrected chi connectivity index (χ2v) is 5.26. The van der Waals surface area contributed by atoms with E-state index in [9.17, 15) is 9.59 Å². The normalized spacial score (nSPS) is 9.64. The Balaban J connectivity index is 1.77. The number of halogens is 1. The van der Waals surface area contributed by atoms with Crippen LogP contribution in [0.15, 0.2) is 42.5 Å². The van der Waals surface area contributed by atoms with E-state index < -0.39 is 12.1 Å². The molecule has 0 aliphatic rings. The smallest absolute Gasteiger partial charge is 0.407 e. The van der Waals surface area contributed by atoms with E-state index in [1.165, 1.54) is 12.1 Å². The number of ether oxygens (including phenoxy) is 1. The van der Waals surface area contributed by atoms with Crippen LogP contribution in [-0.4, -0.2) is 28.7 Å². The maximum atomic E-state index is 11.5. The molecule has 128 valence electrons. The highest BCUT2D eigenvalue weighted by Crippen LogP contribution is 2.10. The van der Waals surface area contributed by atoms with E-state index in [0.29, 0.717) is 6.42 Å². The Bertz CT molecular complexity index is 813. The van der Waals surface area contributed by atoms with Gasteiger partial charge in [-0.25, -0.2) is 14.6 Å². The zero-order valence-electron chi connectivity index (χ0n) is 13.2. The van der Waals surface area contributed by atoms with Crippen LogP contribution in [0.5, 0.6) is 0 Å². The van der Waals surface area contributed by atoms with Gasteiger partial charge in [0.05, 0.1) is 5.56 Å². The topological polar surface area (TPSA) is 88.5 Å². The Morgan fingerprint density at radius 2 is 1.96 bits per heavy atom. The van der Waals surface area contributed by atoms with Gasteiger partial charge in [-0.1, -0.05) is 53.8 Å². The zero-order valence-corrected chi connectivity index (χ0v) is 13.9. The molecule has 1 aromatic heterocycles. The third-order valence-corrected chi connectivity index (χ3v) is 3.23. The summed E-state index contributed by atoms with van der Waals surface area (Å²) in [5, 5.41) is 11.7. The number of aromatic carboxylic acids is 1. The Kier molecular flexibility index (Phi) is 6.81. The van der Waals surface area contributed by atoms with Crippen LogP contribution in [0.25, 0.3) is 0 Å². The first-order valence-electron chi connectivity index (χ1n) is 7.39. The maximum Gasteiger partial charge on any atom is 0.407 e. The summed E-state index contributed by atoms with van der Waals surface area (Å²) in [5.41, 5.74) is 0.965. The van der Waals surface area contributed by atoms with Gasteiger partial charge in [-0.2, -0.15) is 0 Å². The zero-order chi connectivity index (χ0) is 18.1. The molecule has 1 heterocycles. The van der Waals surface area contributed by atoms with Crippen molar-refractivity contribution in [2.45, 2.75) is 13.0 Å². The first-order valence-corrected chi connectivity index (χ1v) is 7.77. The standard InChI is InChI=1S/C18H15ClN2O4/c19-15-10-9-14(16(21-15)17(22)23)8-4-5-11-20-18(24)25-12-13-6-2-1-3-7-13/h1-3,6-7,9-10H,5,11-12H2,(H,20,24)(H,22,23). The summed E-state index contributed by atoms with van der Waals surface area (Å²) in [5.74, 6) is 4.29.